The van der Waals surface area contributed by atoms with Gasteiger partial charge in [-0.05, 0) is 74.8 Å². The van der Waals surface area contributed by atoms with Crippen molar-refractivity contribution in [2.24, 2.45) is 0 Å². The summed E-state index contributed by atoms with van der Waals surface area (Å²) >= 11 is 1.89. The van der Waals surface area contributed by atoms with Gasteiger partial charge in [0.05, 0.1) is 11.4 Å². The zero-order valence-electron chi connectivity index (χ0n) is 27.6. The molecule has 0 N–H and O–H groups in total. The molecule has 10 aromatic rings. The molecule has 3 heteroatoms. The smallest absolute Gasteiger partial charge is 0.160 e. The Morgan fingerprint density at radius 2 is 0.941 bits per heavy atom. The lowest BCUT2D eigenvalue weighted by molar-refractivity contribution is 1.18. The molecule has 0 aliphatic carbocycles. The topological polar surface area (TPSA) is 25.8 Å². The van der Waals surface area contributed by atoms with Crippen molar-refractivity contribution in [1.29, 1.82) is 0 Å². The van der Waals surface area contributed by atoms with Gasteiger partial charge in [-0.3, -0.25) is 0 Å². The van der Waals surface area contributed by atoms with Gasteiger partial charge >= 0.3 is 0 Å². The van der Waals surface area contributed by atoms with Crippen LogP contribution in [-0.4, -0.2) is 9.97 Å². The number of aromatic nitrogens is 2. The van der Waals surface area contributed by atoms with Crippen molar-refractivity contribution in [3.05, 3.63) is 182 Å². The standard InChI is InChI=1S/C48H30N2S/c1-4-14-31(15-5-1)35-26-36(28-37(27-35)44-30-43(33-17-6-2-7-18-33)49-48(50-44)34-19-8-3-9-20-34)41-29-42-39-22-12-13-23-45(39)51-47(42)40-25-24-32-16-10-11-21-38(32)46(40)41/h1-30H. The van der Waals surface area contributed by atoms with Crippen LogP contribution in [0.5, 0.6) is 0 Å². The summed E-state index contributed by atoms with van der Waals surface area (Å²) in [4.78, 5) is 10.3. The Balaban J connectivity index is 1.30. The van der Waals surface area contributed by atoms with Gasteiger partial charge in [0, 0.05) is 42.2 Å². The van der Waals surface area contributed by atoms with Crippen molar-refractivity contribution in [1.82, 2.24) is 9.97 Å². The highest BCUT2D eigenvalue weighted by molar-refractivity contribution is 7.26. The zero-order valence-corrected chi connectivity index (χ0v) is 28.4. The minimum absolute atomic E-state index is 0.709. The molecule has 0 bridgehead atoms. The molecule has 51 heavy (non-hydrogen) atoms. The second kappa shape index (κ2) is 12.2. The summed E-state index contributed by atoms with van der Waals surface area (Å²) < 4.78 is 2.64. The SMILES string of the molecule is c1ccc(-c2cc(-c3cc(-c4ccccc4)nc(-c4ccccc4)n3)cc(-c3cc4c5ccccc5sc4c4ccc5ccccc5c34)c2)cc1. The second-order valence-electron chi connectivity index (χ2n) is 13.0. The van der Waals surface area contributed by atoms with E-state index in [1.165, 1.54) is 47.3 Å². The van der Waals surface area contributed by atoms with E-state index >= 15 is 0 Å². The van der Waals surface area contributed by atoms with Crippen LogP contribution in [0.15, 0.2) is 182 Å². The first-order valence-corrected chi connectivity index (χ1v) is 18.1. The molecule has 238 valence electrons. The van der Waals surface area contributed by atoms with Gasteiger partial charge in [-0.2, -0.15) is 0 Å². The lowest BCUT2D eigenvalue weighted by Crippen LogP contribution is -1.96. The van der Waals surface area contributed by atoms with Gasteiger partial charge in [0.1, 0.15) is 0 Å². The van der Waals surface area contributed by atoms with E-state index in [0.717, 1.165) is 44.8 Å². The third kappa shape index (κ3) is 5.18. The van der Waals surface area contributed by atoms with Crippen molar-refractivity contribution in [3.8, 4) is 56.2 Å². The first kappa shape index (κ1) is 29.5. The molecule has 0 amide bonds. The average Bonchev–Trinajstić information content (AvgIpc) is 3.60. The van der Waals surface area contributed by atoms with Crippen LogP contribution >= 0.6 is 11.3 Å². The monoisotopic (exact) mass is 666 g/mol. The van der Waals surface area contributed by atoms with Gasteiger partial charge in [-0.15, -0.1) is 11.3 Å². The largest absolute Gasteiger partial charge is 0.228 e. The molecule has 0 aliphatic rings. The Morgan fingerprint density at radius 1 is 0.353 bits per heavy atom. The summed E-state index contributed by atoms with van der Waals surface area (Å²) in [5.74, 6) is 0.709. The number of nitrogens with zero attached hydrogens (tertiary/aromatic N) is 2. The molecule has 0 radical (unpaired) electrons. The van der Waals surface area contributed by atoms with Crippen LogP contribution in [0.4, 0.5) is 0 Å². The van der Waals surface area contributed by atoms with Gasteiger partial charge < -0.3 is 0 Å². The maximum Gasteiger partial charge on any atom is 0.160 e. The number of hydrogen-bond donors (Lipinski definition) is 0. The molecule has 0 unspecified atom stereocenters. The molecule has 0 saturated heterocycles. The quantitative estimate of drug-likeness (QED) is 0.171. The van der Waals surface area contributed by atoms with Crippen molar-refractivity contribution in [2.75, 3.05) is 0 Å². The summed E-state index contributed by atoms with van der Waals surface area (Å²) in [6, 6.07) is 65.0. The number of benzene rings is 8. The zero-order chi connectivity index (χ0) is 33.7. The van der Waals surface area contributed by atoms with Gasteiger partial charge in [-0.25, -0.2) is 9.97 Å². The third-order valence-electron chi connectivity index (χ3n) is 9.84. The van der Waals surface area contributed by atoms with Crippen molar-refractivity contribution >= 4 is 53.1 Å². The Hall–Kier alpha value is -6.42. The van der Waals surface area contributed by atoms with E-state index < -0.39 is 0 Å². The van der Waals surface area contributed by atoms with Crippen LogP contribution in [-0.2, 0) is 0 Å². The van der Waals surface area contributed by atoms with Gasteiger partial charge in [0.25, 0.3) is 0 Å². The first-order chi connectivity index (χ1) is 25.3. The van der Waals surface area contributed by atoms with Crippen LogP contribution in [0.3, 0.4) is 0 Å². The molecule has 10 rings (SSSR count). The minimum atomic E-state index is 0.709. The van der Waals surface area contributed by atoms with Gasteiger partial charge in [0.2, 0.25) is 0 Å². The predicted octanol–water partition coefficient (Wildman–Crippen LogP) is 13.5. The molecule has 0 saturated carbocycles. The normalized spacial score (nSPS) is 11.5. The molecular formula is C48H30N2S. The first-order valence-electron chi connectivity index (χ1n) is 17.2. The Labute approximate surface area is 300 Å². The van der Waals surface area contributed by atoms with E-state index in [-0.39, 0.29) is 0 Å². The maximum atomic E-state index is 5.25. The molecule has 0 spiro atoms. The molecular weight excluding hydrogens is 637 g/mol. The Kier molecular flexibility index (Phi) is 7.04. The van der Waals surface area contributed by atoms with Crippen molar-refractivity contribution in [2.45, 2.75) is 0 Å². The number of rotatable bonds is 5. The summed E-state index contributed by atoms with van der Waals surface area (Å²) in [6.45, 7) is 0. The highest BCUT2D eigenvalue weighted by Crippen LogP contribution is 2.46. The van der Waals surface area contributed by atoms with Gasteiger partial charge in [0.15, 0.2) is 5.82 Å². The molecule has 2 heterocycles. The highest BCUT2D eigenvalue weighted by atomic mass is 32.1. The number of fused-ring (bicyclic) bond motifs is 7. The molecule has 0 fully saturated rings. The maximum absolute atomic E-state index is 5.25. The molecule has 8 aromatic carbocycles. The summed E-state index contributed by atoms with van der Waals surface area (Å²) in [7, 11) is 0. The molecule has 2 nitrogen and oxygen atoms in total. The lowest BCUT2D eigenvalue weighted by atomic mass is 9.89. The summed E-state index contributed by atoms with van der Waals surface area (Å²) in [5.41, 5.74) is 9.57. The molecule has 2 aromatic heterocycles. The number of hydrogen-bond acceptors (Lipinski definition) is 3. The van der Waals surface area contributed by atoms with Crippen molar-refractivity contribution < 1.29 is 0 Å². The minimum Gasteiger partial charge on any atom is -0.228 e. The molecule has 0 atom stereocenters. The van der Waals surface area contributed by atoms with Crippen LogP contribution in [0.25, 0.3) is 97.9 Å². The van der Waals surface area contributed by atoms with E-state index in [2.05, 4.69) is 158 Å². The van der Waals surface area contributed by atoms with E-state index in [1.807, 2.05) is 35.6 Å². The van der Waals surface area contributed by atoms with Crippen LogP contribution < -0.4 is 0 Å². The summed E-state index contributed by atoms with van der Waals surface area (Å²) in [6.07, 6.45) is 0. The molecule has 0 aliphatic heterocycles. The fraction of sp³-hybridized carbons (Fsp3) is 0. The van der Waals surface area contributed by atoms with E-state index in [0.29, 0.717) is 5.82 Å². The fourth-order valence-corrected chi connectivity index (χ4v) is 8.61. The Bertz CT molecular complexity index is 2840. The second-order valence-corrected chi connectivity index (χ2v) is 14.0. The highest BCUT2D eigenvalue weighted by Gasteiger charge is 2.18. The fourth-order valence-electron chi connectivity index (χ4n) is 7.40. The third-order valence-corrected chi connectivity index (χ3v) is 11.1. The van der Waals surface area contributed by atoms with Crippen molar-refractivity contribution in [3.63, 3.8) is 0 Å². The van der Waals surface area contributed by atoms with Crippen LogP contribution in [0, 0.1) is 0 Å². The Morgan fingerprint density at radius 3 is 1.71 bits per heavy atom. The van der Waals surface area contributed by atoms with Crippen LogP contribution in [0.1, 0.15) is 0 Å². The van der Waals surface area contributed by atoms with E-state index in [9.17, 15) is 0 Å². The summed E-state index contributed by atoms with van der Waals surface area (Å²) in [5, 5.41) is 7.65. The lowest BCUT2D eigenvalue weighted by Gasteiger charge is -2.16. The van der Waals surface area contributed by atoms with Crippen LogP contribution in [0.2, 0.25) is 0 Å². The van der Waals surface area contributed by atoms with E-state index in [4.69, 9.17) is 9.97 Å². The average molecular weight is 667 g/mol. The van der Waals surface area contributed by atoms with E-state index in [1.54, 1.807) is 0 Å². The predicted molar refractivity (Wildman–Crippen MR) is 217 cm³/mol. The van der Waals surface area contributed by atoms with Gasteiger partial charge in [-0.1, -0.05) is 146 Å². The number of thiophene rings is 1.